The minimum atomic E-state index is -0.225. The molecule has 0 spiro atoms. The standard InChI is InChI=1S/C28H27FN4S/c1-17-8-10-21(11-9-17)32-19(3)16-23(20(32)4)27-26(25-7-5-6-14-30-25)31-28(34)33(27)22-12-13-24(29)18(2)15-22/h5-16,26-27H,1-4H3,(H,31,34)/t26-,27+/m1/s1. The zero-order valence-corrected chi connectivity index (χ0v) is 20.5. The van der Waals surface area contributed by atoms with E-state index in [1.165, 1.54) is 11.6 Å². The number of aromatic nitrogens is 2. The fraction of sp³-hybridized carbons (Fsp3) is 0.214. The van der Waals surface area contributed by atoms with Gasteiger partial charge in [-0.2, -0.15) is 0 Å². The minimum Gasteiger partial charge on any atom is -0.351 e. The van der Waals surface area contributed by atoms with Gasteiger partial charge in [0, 0.05) is 29.0 Å². The molecule has 1 saturated heterocycles. The van der Waals surface area contributed by atoms with Crippen molar-refractivity contribution >= 4 is 23.0 Å². The number of aryl methyl sites for hydroxylation is 3. The maximum Gasteiger partial charge on any atom is 0.174 e. The first-order valence-electron chi connectivity index (χ1n) is 11.4. The van der Waals surface area contributed by atoms with Crippen molar-refractivity contribution in [3.63, 3.8) is 0 Å². The van der Waals surface area contributed by atoms with E-state index in [9.17, 15) is 4.39 Å². The Morgan fingerprint density at radius 2 is 1.65 bits per heavy atom. The molecule has 0 bridgehead atoms. The average molecular weight is 471 g/mol. The highest BCUT2D eigenvalue weighted by Crippen LogP contribution is 2.44. The summed E-state index contributed by atoms with van der Waals surface area (Å²) in [5, 5.41) is 4.10. The number of hydrogen-bond donors (Lipinski definition) is 1. The number of rotatable bonds is 4. The van der Waals surface area contributed by atoms with Gasteiger partial charge in [0.2, 0.25) is 0 Å². The van der Waals surface area contributed by atoms with E-state index in [0.717, 1.165) is 34.0 Å². The summed E-state index contributed by atoms with van der Waals surface area (Å²) in [6, 6.07) is 21.6. The van der Waals surface area contributed by atoms with Crippen LogP contribution in [-0.2, 0) is 0 Å². The zero-order chi connectivity index (χ0) is 24.0. The summed E-state index contributed by atoms with van der Waals surface area (Å²) in [4.78, 5) is 6.74. The van der Waals surface area contributed by atoms with Gasteiger partial charge in [0.1, 0.15) is 5.82 Å². The molecule has 2 aromatic carbocycles. The molecule has 0 amide bonds. The van der Waals surface area contributed by atoms with Crippen LogP contribution in [0.4, 0.5) is 10.1 Å². The van der Waals surface area contributed by atoms with Crippen LogP contribution in [0.5, 0.6) is 0 Å². The van der Waals surface area contributed by atoms with Crippen molar-refractivity contribution in [1.82, 2.24) is 14.9 Å². The van der Waals surface area contributed by atoms with Crippen LogP contribution in [0.15, 0.2) is 72.9 Å². The number of pyridine rings is 1. The van der Waals surface area contributed by atoms with E-state index >= 15 is 0 Å². The molecule has 1 fully saturated rings. The molecular formula is C28H27FN4S. The predicted octanol–water partition coefficient (Wildman–Crippen LogP) is 6.42. The molecule has 6 heteroatoms. The quantitative estimate of drug-likeness (QED) is 0.349. The van der Waals surface area contributed by atoms with Crippen molar-refractivity contribution in [3.05, 3.63) is 113 Å². The van der Waals surface area contributed by atoms with Gasteiger partial charge in [0.15, 0.2) is 5.11 Å². The second-order valence-electron chi connectivity index (χ2n) is 8.93. The Labute approximate surface area is 205 Å². The van der Waals surface area contributed by atoms with Gasteiger partial charge in [-0.05, 0) is 99.6 Å². The Kier molecular flexibility index (Phi) is 5.70. The van der Waals surface area contributed by atoms with Crippen LogP contribution in [0.2, 0.25) is 0 Å². The van der Waals surface area contributed by atoms with Crippen LogP contribution in [0.3, 0.4) is 0 Å². The fourth-order valence-electron chi connectivity index (χ4n) is 4.91. The molecule has 0 saturated carbocycles. The minimum absolute atomic E-state index is 0.141. The molecule has 172 valence electrons. The number of anilines is 1. The van der Waals surface area contributed by atoms with E-state index in [1.54, 1.807) is 19.2 Å². The molecule has 1 N–H and O–H groups in total. The average Bonchev–Trinajstić information content (AvgIpc) is 3.32. The Hall–Kier alpha value is -3.51. The summed E-state index contributed by atoms with van der Waals surface area (Å²) < 4.78 is 16.4. The molecule has 5 rings (SSSR count). The van der Waals surface area contributed by atoms with Crippen LogP contribution in [-0.4, -0.2) is 14.7 Å². The van der Waals surface area contributed by atoms with E-state index in [0.29, 0.717) is 10.7 Å². The molecule has 0 aliphatic carbocycles. The van der Waals surface area contributed by atoms with Gasteiger partial charge in [0.25, 0.3) is 0 Å². The molecule has 2 atom stereocenters. The second kappa shape index (κ2) is 8.69. The Balaban J connectivity index is 1.68. The normalized spacial score (nSPS) is 17.8. The molecule has 4 nitrogen and oxygen atoms in total. The summed E-state index contributed by atoms with van der Waals surface area (Å²) in [5.41, 5.74) is 8.15. The topological polar surface area (TPSA) is 33.1 Å². The van der Waals surface area contributed by atoms with Gasteiger partial charge in [-0.3, -0.25) is 4.98 Å². The molecule has 3 heterocycles. The summed E-state index contributed by atoms with van der Waals surface area (Å²) in [7, 11) is 0. The van der Waals surface area contributed by atoms with E-state index < -0.39 is 0 Å². The highest BCUT2D eigenvalue weighted by Gasteiger charge is 2.42. The Morgan fingerprint density at radius 3 is 2.32 bits per heavy atom. The summed E-state index contributed by atoms with van der Waals surface area (Å²) in [6.07, 6.45) is 1.80. The van der Waals surface area contributed by atoms with Crippen LogP contribution in [0.1, 0.15) is 45.9 Å². The number of benzene rings is 2. The molecule has 0 unspecified atom stereocenters. The SMILES string of the molecule is Cc1ccc(-n2c(C)cc([C@H]3[C@@H](c4ccccn4)NC(=S)N3c3ccc(F)c(C)c3)c2C)cc1. The lowest BCUT2D eigenvalue weighted by Crippen LogP contribution is -2.29. The molecule has 4 aromatic rings. The number of halogens is 1. The maximum atomic E-state index is 14.1. The first-order chi connectivity index (χ1) is 16.3. The first kappa shape index (κ1) is 22.3. The molecule has 34 heavy (non-hydrogen) atoms. The monoisotopic (exact) mass is 470 g/mol. The lowest BCUT2D eigenvalue weighted by Gasteiger charge is -2.28. The molecular weight excluding hydrogens is 443 g/mol. The smallest absolute Gasteiger partial charge is 0.174 e. The van der Waals surface area contributed by atoms with Gasteiger partial charge >= 0.3 is 0 Å². The zero-order valence-electron chi connectivity index (χ0n) is 19.7. The van der Waals surface area contributed by atoms with E-state index in [1.807, 2.05) is 24.3 Å². The molecule has 0 radical (unpaired) electrons. The second-order valence-corrected chi connectivity index (χ2v) is 9.31. The highest BCUT2D eigenvalue weighted by molar-refractivity contribution is 7.80. The number of nitrogens with one attached hydrogen (secondary N) is 1. The van der Waals surface area contributed by atoms with E-state index in [4.69, 9.17) is 12.2 Å². The summed E-state index contributed by atoms with van der Waals surface area (Å²) >= 11 is 5.83. The van der Waals surface area contributed by atoms with Crippen molar-refractivity contribution in [2.45, 2.75) is 39.8 Å². The maximum absolute atomic E-state index is 14.1. The number of nitrogens with zero attached hydrogens (tertiary/aromatic N) is 3. The van der Waals surface area contributed by atoms with Gasteiger partial charge in [-0.15, -0.1) is 0 Å². The summed E-state index contributed by atoms with van der Waals surface area (Å²) in [6.45, 7) is 8.14. The van der Waals surface area contributed by atoms with E-state index in [-0.39, 0.29) is 17.9 Å². The van der Waals surface area contributed by atoms with Crippen molar-refractivity contribution in [2.75, 3.05) is 4.90 Å². The van der Waals surface area contributed by atoms with Gasteiger partial charge in [0.05, 0.1) is 17.8 Å². The Morgan fingerprint density at radius 1 is 0.912 bits per heavy atom. The largest absolute Gasteiger partial charge is 0.351 e. The fourth-order valence-corrected chi connectivity index (χ4v) is 5.25. The summed E-state index contributed by atoms with van der Waals surface area (Å²) in [5.74, 6) is -0.225. The lowest BCUT2D eigenvalue weighted by atomic mass is 9.96. The van der Waals surface area contributed by atoms with Crippen LogP contribution >= 0.6 is 12.2 Å². The van der Waals surface area contributed by atoms with Crippen molar-refractivity contribution in [2.24, 2.45) is 0 Å². The van der Waals surface area contributed by atoms with Gasteiger partial charge < -0.3 is 14.8 Å². The Bertz CT molecular complexity index is 1360. The molecule has 2 aromatic heterocycles. The van der Waals surface area contributed by atoms with Crippen molar-refractivity contribution in [3.8, 4) is 5.69 Å². The third-order valence-corrected chi connectivity index (χ3v) is 6.91. The molecule has 1 aliphatic heterocycles. The van der Waals surface area contributed by atoms with Crippen LogP contribution < -0.4 is 10.2 Å². The van der Waals surface area contributed by atoms with Crippen LogP contribution in [0.25, 0.3) is 5.69 Å². The number of hydrogen-bond acceptors (Lipinski definition) is 2. The van der Waals surface area contributed by atoms with Crippen LogP contribution in [0, 0.1) is 33.5 Å². The van der Waals surface area contributed by atoms with Gasteiger partial charge in [-0.25, -0.2) is 4.39 Å². The lowest BCUT2D eigenvalue weighted by molar-refractivity contribution is 0.564. The number of thiocarbonyl (C=S) groups is 1. The van der Waals surface area contributed by atoms with Gasteiger partial charge in [-0.1, -0.05) is 23.8 Å². The van der Waals surface area contributed by atoms with Crippen molar-refractivity contribution in [1.29, 1.82) is 0 Å². The third-order valence-electron chi connectivity index (χ3n) is 6.60. The third kappa shape index (κ3) is 3.78. The highest BCUT2D eigenvalue weighted by atomic mass is 32.1. The molecule has 1 aliphatic rings. The predicted molar refractivity (Wildman–Crippen MR) is 139 cm³/mol. The van der Waals surface area contributed by atoms with E-state index in [2.05, 4.69) is 70.9 Å². The first-order valence-corrected chi connectivity index (χ1v) is 11.8. The van der Waals surface area contributed by atoms with Crippen molar-refractivity contribution < 1.29 is 4.39 Å².